The molecule has 0 spiro atoms. The molecule has 0 atom stereocenters. The lowest BCUT2D eigenvalue weighted by molar-refractivity contribution is 0.357. The van der Waals surface area contributed by atoms with E-state index in [0.29, 0.717) is 6.67 Å². The lowest BCUT2D eigenvalue weighted by Gasteiger charge is -2.04. The Labute approximate surface area is 84.3 Å². The predicted molar refractivity (Wildman–Crippen MR) is 56.4 cm³/mol. The Morgan fingerprint density at radius 2 is 2.36 bits per heavy atom. The van der Waals surface area contributed by atoms with Crippen molar-refractivity contribution >= 4 is 0 Å². The lowest BCUT2D eigenvalue weighted by Crippen LogP contribution is -2.24. The van der Waals surface area contributed by atoms with Gasteiger partial charge in [0, 0.05) is 19.6 Å². The van der Waals surface area contributed by atoms with Gasteiger partial charge in [0.15, 0.2) is 0 Å². The van der Waals surface area contributed by atoms with Crippen LogP contribution in [0.25, 0.3) is 0 Å². The summed E-state index contributed by atoms with van der Waals surface area (Å²) in [6.07, 6.45) is 2.08. The number of hydrogen-bond acceptors (Lipinski definition) is 3. The van der Waals surface area contributed by atoms with Crippen LogP contribution in [0.2, 0.25) is 0 Å². The number of benzene rings is 1. The third-order valence-electron chi connectivity index (χ3n) is 2.49. The standard InChI is InChI=1S/C11H16N2O/c12-8-13-5-3-9-1-2-11-10(7-9)4-6-14-11/h1-2,7,13H,3-6,8,12H2. The number of ether oxygens (including phenoxy) is 1. The Hall–Kier alpha value is -1.06. The number of hydrogen-bond donors (Lipinski definition) is 2. The van der Waals surface area contributed by atoms with E-state index in [1.54, 1.807) is 0 Å². The maximum atomic E-state index is 5.44. The summed E-state index contributed by atoms with van der Waals surface area (Å²) in [4.78, 5) is 0. The molecular formula is C11H16N2O. The van der Waals surface area contributed by atoms with Crippen LogP contribution in [0.15, 0.2) is 18.2 Å². The van der Waals surface area contributed by atoms with E-state index in [1.807, 2.05) is 0 Å². The van der Waals surface area contributed by atoms with Crippen LogP contribution < -0.4 is 15.8 Å². The molecule has 3 heteroatoms. The molecule has 1 aliphatic rings. The molecule has 0 saturated heterocycles. The number of rotatable bonds is 4. The first-order valence-corrected chi connectivity index (χ1v) is 5.05. The van der Waals surface area contributed by atoms with Gasteiger partial charge in [0.25, 0.3) is 0 Å². The Morgan fingerprint density at radius 3 is 3.21 bits per heavy atom. The van der Waals surface area contributed by atoms with Gasteiger partial charge in [-0.05, 0) is 23.6 Å². The minimum atomic E-state index is 0.550. The molecule has 14 heavy (non-hydrogen) atoms. The van der Waals surface area contributed by atoms with Crippen LogP contribution in [-0.4, -0.2) is 19.8 Å². The molecule has 2 rings (SSSR count). The molecule has 0 bridgehead atoms. The molecule has 0 aliphatic carbocycles. The summed E-state index contributed by atoms with van der Waals surface area (Å²) in [5.41, 5.74) is 8.05. The first-order valence-electron chi connectivity index (χ1n) is 5.05. The molecular weight excluding hydrogens is 176 g/mol. The smallest absolute Gasteiger partial charge is 0.122 e. The zero-order valence-corrected chi connectivity index (χ0v) is 8.25. The second-order valence-electron chi connectivity index (χ2n) is 3.49. The monoisotopic (exact) mass is 192 g/mol. The van der Waals surface area contributed by atoms with E-state index >= 15 is 0 Å². The van der Waals surface area contributed by atoms with E-state index < -0.39 is 0 Å². The normalized spacial score (nSPS) is 13.8. The molecule has 1 aromatic carbocycles. The highest BCUT2D eigenvalue weighted by molar-refractivity contribution is 5.39. The molecule has 1 aromatic rings. The average Bonchev–Trinajstić information content (AvgIpc) is 2.65. The van der Waals surface area contributed by atoms with Crippen molar-refractivity contribution in [2.24, 2.45) is 5.73 Å². The Kier molecular flexibility index (Phi) is 3.01. The minimum Gasteiger partial charge on any atom is -0.493 e. The molecule has 3 nitrogen and oxygen atoms in total. The van der Waals surface area contributed by atoms with Crippen molar-refractivity contribution in [2.45, 2.75) is 12.8 Å². The van der Waals surface area contributed by atoms with Crippen LogP contribution in [0.4, 0.5) is 0 Å². The van der Waals surface area contributed by atoms with Crippen molar-refractivity contribution in [2.75, 3.05) is 19.8 Å². The van der Waals surface area contributed by atoms with E-state index in [-0.39, 0.29) is 0 Å². The van der Waals surface area contributed by atoms with Gasteiger partial charge in [-0.15, -0.1) is 0 Å². The van der Waals surface area contributed by atoms with Gasteiger partial charge >= 0.3 is 0 Å². The lowest BCUT2D eigenvalue weighted by atomic mass is 10.1. The summed E-state index contributed by atoms with van der Waals surface area (Å²) in [7, 11) is 0. The Bertz CT molecular complexity index is 312. The van der Waals surface area contributed by atoms with Gasteiger partial charge in [-0.25, -0.2) is 0 Å². The van der Waals surface area contributed by atoms with Crippen molar-refractivity contribution in [1.82, 2.24) is 5.32 Å². The first-order chi connectivity index (χ1) is 6.90. The van der Waals surface area contributed by atoms with Gasteiger partial charge in [0.2, 0.25) is 0 Å². The van der Waals surface area contributed by atoms with Crippen LogP contribution in [0.5, 0.6) is 5.75 Å². The molecule has 1 heterocycles. The Balaban J connectivity index is 1.98. The highest BCUT2D eigenvalue weighted by Crippen LogP contribution is 2.25. The summed E-state index contributed by atoms with van der Waals surface area (Å²) >= 11 is 0. The van der Waals surface area contributed by atoms with Crippen molar-refractivity contribution in [1.29, 1.82) is 0 Å². The largest absolute Gasteiger partial charge is 0.493 e. The third-order valence-corrected chi connectivity index (χ3v) is 2.49. The fourth-order valence-corrected chi connectivity index (χ4v) is 1.73. The van der Waals surface area contributed by atoms with Crippen LogP contribution >= 0.6 is 0 Å². The van der Waals surface area contributed by atoms with Gasteiger partial charge in [-0.2, -0.15) is 0 Å². The zero-order chi connectivity index (χ0) is 9.80. The summed E-state index contributed by atoms with van der Waals surface area (Å²) in [6, 6.07) is 6.43. The molecule has 0 aromatic heterocycles. The molecule has 0 amide bonds. The van der Waals surface area contributed by atoms with Crippen LogP contribution in [0.3, 0.4) is 0 Å². The van der Waals surface area contributed by atoms with Gasteiger partial charge in [-0.1, -0.05) is 12.1 Å². The predicted octanol–water partition coefficient (Wildman–Crippen LogP) is 0.670. The van der Waals surface area contributed by atoms with Crippen molar-refractivity contribution in [3.63, 3.8) is 0 Å². The van der Waals surface area contributed by atoms with E-state index in [2.05, 4.69) is 23.5 Å². The van der Waals surface area contributed by atoms with Crippen LogP contribution in [0.1, 0.15) is 11.1 Å². The average molecular weight is 192 g/mol. The fraction of sp³-hybridized carbons (Fsp3) is 0.455. The third kappa shape index (κ3) is 2.05. The number of fused-ring (bicyclic) bond motifs is 1. The highest BCUT2D eigenvalue weighted by atomic mass is 16.5. The molecule has 0 saturated carbocycles. The van der Waals surface area contributed by atoms with Crippen molar-refractivity contribution in [3.8, 4) is 5.75 Å². The Morgan fingerprint density at radius 1 is 1.43 bits per heavy atom. The van der Waals surface area contributed by atoms with E-state index in [9.17, 15) is 0 Å². The van der Waals surface area contributed by atoms with Crippen LogP contribution in [-0.2, 0) is 12.8 Å². The molecule has 0 radical (unpaired) electrons. The zero-order valence-electron chi connectivity index (χ0n) is 8.25. The van der Waals surface area contributed by atoms with Gasteiger partial charge in [-0.3, -0.25) is 0 Å². The topological polar surface area (TPSA) is 47.3 Å². The molecule has 3 N–H and O–H groups in total. The van der Waals surface area contributed by atoms with E-state index in [4.69, 9.17) is 10.5 Å². The fourth-order valence-electron chi connectivity index (χ4n) is 1.73. The summed E-state index contributed by atoms with van der Waals surface area (Å²) in [5, 5.41) is 3.11. The molecule has 1 aliphatic heterocycles. The van der Waals surface area contributed by atoms with E-state index in [0.717, 1.165) is 31.7 Å². The molecule has 0 fully saturated rings. The minimum absolute atomic E-state index is 0.550. The van der Waals surface area contributed by atoms with Crippen molar-refractivity contribution < 1.29 is 4.74 Å². The van der Waals surface area contributed by atoms with Gasteiger partial charge < -0.3 is 15.8 Å². The molecule has 0 unspecified atom stereocenters. The quantitative estimate of drug-likeness (QED) is 0.544. The van der Waals surface area contributed by atoms with Crippen LogP contribution in [0, 0.1) is 0 Å². The number of nitrogens with one attached hydrogen (secondary N) is 1. The maximum Gasteiger partial charge on any atom is 0.122 e. The second kappa shape index (κ2) is 4.44. The van der Waals surface area contributed by atoms with Gasteiger partial charge in [0.1, 0.15) is 5.75 Å². The highest BCUT2D eigenvalue weighted by Gasteiger charge is 2.11. The SMILES string of the molecule is NCNCCc1ccc2c(c1)CCO2. The number of nitrogens with two attached hydrogens (primary N) is 1. The van der Waals surface area contributed by atoms with Crippen molar-refractivity contribution in [3.05, 3.63) is 29.3 Å². The second-order valence-corrected chi connectivity index (χ2v) is 3.49. The van der Waals surface area contributed by atoms with Gasteiger partial charge in [0.05, 0.1) is 6.61 Å². The summed E-state index contributed by atoms with van der Waals surface area (Å²) in [6.45, 7) is 2.32. The summed E-state index contributed by atoms with van der Waals surface area (Å²) in [5.74, 6) is 1.06. The molecule has 76 valence electrons. The first kappa shape index (κ1) is 9.49. The summed E-state index contributed by atoms with van der Waals surface area (Å²) < 4.78 is 5.44. The van der Waals surface area contributed by atoms with E-state index in [1.165, 1.54) is 11.1 Å². The maximum absolute atomic E-state index is 5.44.